The highest BCUT2D eigenvalue weighted by Gasteiger charge is 2.27. The summed E-state index contributed by atoms with van der Waals surface area (Å²) in [5, 5.41) is 19.1. The fraction of sp³-hybridized carbons (Fsp3) is 0.222. The smallest absolute Gasteiger partial charge is 0.327 e. The molecule has 8 heteroatoms. The van der Waals surface area contributed by atoms with Crippen molar-refractivity contribution in [1.82, 2.24) is 10.0 Å². The SMILES string of the molecule is O=C1N[C@H](C(=O)O)CS1.On1ccccc1=S. The first-order valence-corrected chi connectivity index (χ1v) is 5.93. The van der Waals surface area contributed by atoms with Crippen LogP contribution in [0.4, 0.5) is 4.79 Å². The summed E-state index contributed by atoms with van der Waals surface area (Å²) in [7, 11) is 0. The minimum absolute atomic E-state index is 0.248. The van der Waals surface area contributed by atoms with E-state index in [2.05, 4.69) is 17.5 Å². The molecule has 0 aliphatic carbocycles. The highest BCUT2D eigenvalue weighted by atomic mass is 32.2. The number of nitrogens with zero attached hydrogens (tertiary/aromatic N) is 1. The Morgan fingerprint density at radius 1 is 1.59 bits per heavy atom. The van der Waals surface area contributed by atoms with Gasteiger partial charge in [0.15, 0.2) is 0 Å². The molecule has 1 saturated heterocycles. The van der Waals surface area contributed by atoms with Crippen LogP contribution in [0.15, 0.2) is 24.4 Å². The molecule has 0 saturated carbocycles. The third kappa shape index (κ3) is 4.45. The van der Waals surface area contributed by atoms with Gasteiger partial charge in [0.05, 0.1) is 0 Å². The molecule has 17 heavy (non-hydrogen) atoms. The molecule has 2 rings (SSSR count). The maximum Gasteiger partial charge on any atom is 0.327 e. The van der Waals surface area contributed by atoms with Gasteiger partial charge in [0.25, 0.3) is 5.24 Å². The number of aromatic nitrogens is 1. The lowest BCUT2D eigenvalue weighted by atomic mass is 10.4. The summed E-state index contributed by atoms with van der Waals surface area (Å²) in [6, 6.07) is 4.45. The first kappa shape index (κ1) is 13.5. The molecule has 1 aliphatic heterocycles. The van der Waals surface area contributed by atoms with Crippen LogP contribution < -0.4 is 5.32 Å². The summed E-state index contributed by atoms with van der Waals surface area (Å²) in [5.74, 6) is -0.623. The molecular formula is C9H10N2O4S2. The van der Waals surface area contributed by atoms with E-state index in [1.54, 1.807) is 18.2 Å². The van der Waals surface area contributed by atoms with Gasteiger partial charge in [-0.3, -0.25) is 4.79 Å². The minimum Gasteiger partial charge on any atom is -0.480 e. The molecule has 0 bridgehead atoms. The van der Waals surface area contributed by atoms with Crippen molar-refractivity contribution in [3.8, 4) is 0 Å². The van der Waals surface area contributed by atoms with Crippen LogP contribution in [-0.4, -0.2) is 38.0 Å². The normalized spacial score (nSPS) is 17.9. The molecule has 0 spiro atoms. The monoisotopic (exact) mass is 274 g/mol. The van der Waals surface area contributed by atoms with Crippen LogP contribution in [0.25, 0.3) is 0 Å². The number of nitrogens with one attached hydrogen (secondary N) is 1. The number of aliphatic carboxylic acids is 1. The van der Waals surface area contributed by atoms with E-state index in [9.17, 15) is 9.59 Å². The maximum absolute atomic E-state index is 10.3. The Labute approximate surface area is 106 Å². The zero-order chi connectivity index (χ0) is 12.8. The van der Waals surface area contributed by atoms with Gasteiger partial charge in [-0.2, -0.15) is 4.73 Å². The second-order valence-electron chi connectivity index (χ2n) is 3.02. The predicted octanol–water partition coefficient (Wildman–Crippen LogP) is 1.35. The van der Waals surface area contributed by atoms with Gasteiger partial charge >= 0.3 is 5.97 Å². The summed E-state index contributed by atoms with van der Waals surface area (Å²) < 4.78 is 1.32. The van der Waals surface area contributed by atoms with Crippen molar-refractivity contribution in [2.75, 3.05) is 5.75 Å². The van der Waals surface area contributed by atoms with Crippen molar-refractivity contribution < 1.29 is 19.9 Å². The van der Waals surface area contributed by atoms with E-state index in [-0.39, 0.29) is 5.24 Å². The first-order chi connectivity index (χ1) is 8.00. The van der Waals surface area contributed by atoms with Gasteiger partial charge in [0, 0.05) is 11.9 Å². The van der Waals surface area contributed by atoms with E-state index in [1.807, 2.05) is 0 Å². The molecule has 1 atom stereocenters. The van der Waals surface area contributed by atoms with Gasteiger partial charge in [0.1, 0.15) is 10.7 Å². The van der Waals surface area contributed by atoms with E-state index in [0.29, 0.717) is 10.4 Å². The van der Waals surface area contributed by atoms with Crippen LogP contribution in [0, 0.1) is 4.64 Å². The van der Waals surface area contributed by atoms with Gasteiger partial charge in [-0.25, -0.2) is 4.79 Å². The number of pyridine rings is 1. The van der Waals surface area contributed by atoms with Crippen LogP contribution in [0.3, 0.4) is 0 Å². The van der Waals surface area contributed by atoms with Crippen LogP contribution >= 0.6 is 24.0 Å². The lowest BCUT2D eigenvalue weighted by Crippen LogP contribution is -2.33. The van der Waals surface area contributed by atoms with Crippen molar-refractivity contribution in [1.29, 1.82) is 0 Å². The van der Waals surface area contributed by atoms with E-state index in [0.717, 1.165) is 16.5 Å². The van der Waals surface area contributed by atoms with E-state index < -0.39 is 12.0 Å². The molecule has 6 nitrogen and oxygen atoms in total. The minimum atomic E-state index is -0.964. The quantitative estimate of drug-likeness (QED) is 0.529. The molecular weight excluding hydrogens is 264 g/mol. The number of carbonyl (C=O) groups is 2. The van der Waals surface area contributed by atoms with E-state index in [1.165, 1.54) is 6.20 Å². The van der Waals surface area contributed by atoms with Crippen molar-refractivity contribution in [3.05, 3.63) is 29.0 Å². The Balaban J connectivity index is 0.000000171. The van der Waals surface area contributed by atoms with Gasteiger partial charge in [-0.1, -0.05) is 30.0 Å². The van der Waals surface area contributed by atoms with Gasteiger partial charge in [-0.15, -0.1) is 0 Å². The number of carboxylic acids is 1. The number of carboxylic acid groups (broad SMARTS) is 1. The third-order valence-electron chi connectivity index (χ3n) is 1.77. The van der Waals surface area contributed by atoms with Crippen molar-refractivity contribution in [2.45, 2.75) is 6.04 Å². The molecule has 2 heterocycles. The Morgan fingerprint density at radius 2 is 2.29 bits per heavy atom. The lowest BCUT2D eigenvalue weighted by Gasteiger charge is -1.98. The lowest BCUT2D eigenvalue weighted by molar-refractivity contribution is -0.138. The average Bonchev–Trinajstić information content (AvgIpc) is 2.70. The van der Waals surface area contributed by atoms with E-state index >= 15 is 0 Å². The van der Waals surface area contributed by atoms with Crippen LogP contribution in [0.5, 0.6) is 0 Å². The standard InChI is InChI=1S/C5H5NOS.C4H5NO3S/c7-6-4-2-1-3-5(6)8;6-3(7)2-1-9-4(8)5-2/h1-4,7H;2H,1H2,(H,5,8)(H,6,7)/t;2-/m.0/s1. The van der Waals surface area contributed by atoms with Crippen molar-refractivity contribution in [2.24, 2.45) is 0 Å². The van der Waals surface area contributed by atoms with Crippen LogP contribution in [0.2, 0.25) is 0 Å². The number of amides is 1. The Bertz CT molecular complexity index is 474. The fourth-order valence-corrected chi connectivity index (χ4v) is 1.85. The summed E-state index contributed by atoms with van der Waals surface area (Å²) in [6.07, 6.45) is 1.49. The Hall–Kier alpha value is -1.54. The molecule has 92 valence electrons. The predicted molar refractivity (Wildman–Crippen MR) is 64.9 cm³/mol. The topological polar surface area (TPSA) is 91.6 Å². The number of thioether (sulfide) groups is 1. The summed E-state index contributed by atoms with van der Waals surface area (Å²) in [6.45, 7) is 0. The van der Waals surface area contributed by atoms with Crippen LogP contribution in [-0.2, 0) is 4.79 Å². The molecule has 1 aliphatic rings. The Morgan fingerprint density at radius 3 is 2.59 bits per heavy atom. The molecule has 1 amide bonds. The third-order valence-corrected chi connectivity index (χ3v) is 2.98. The van der Waals surface area contributed by atoms with E-state index in [4.69, 9.17) is 10.3 Å². The summed E-state index contributed by atoms with van der Waals surface area (Å²) in [4.78, 5) is 20.5. The zero-order valence-corrected chi connectivity index (χ0v) is 10.2. The molecule has 0 radical (unpaired) electrons. The first-order valence-electron chi connectivity index (χ1n) is 4.53. The van der Waals surface area contributed by atoms with Gasteiger partial charge < -0.3 is 15.6 Å². The molecule has 1 aromatic rings. The second kappa shape index (κ2) is 6.26. The zero-order valence-electron chi connectivity index (χ0n) is 8.57. The molecule has 0 unspecified atom stereocenters. The second-order valence-corrected chi connectivity index (χ2v) is 4.43. The molecule has 1 fully saturated rings. The highest BCUT2D eigenvalue weighted by molar-refractivity contribution is 8.14. The largest absolute Gasteiger partial charge is 0.480 e. The number of hydrogen-bond acceptors (Lipinski definition) is 5. The molecule has 1 aromatic heterocycles. The number of rotatable bonds is 1. The summed E-state index contributed by atoms with van der Waals surface area (Å²) >= 11 is 5.67. The average molecular weight is 274 g/mol. The van der Waals surface area contributed by atoms with Crippen molar-refractivity contribution >= 4 is 35.2 Å². The van der Waals surface area contributed by atoms with Crippen molar-refractivity contribution in [3.63, 3.8) is 0 Å². The number of hydrogen-bond donors (Lipinski definition) is 3. The molecule has 0 aromatic carbocycles. The van der Waals surface area contributed by atoms with Crippen LogP contribution in [0.1, 0.15) is 0 Å². The fourth-order valence-electron chi connectivity index (χ4n) is 0.937. The number of carbonyl (C=O) groups excluding carboxylic acids is 1. The Kier molecular flexibility index (Phi) is 4.98. The highest BCUT2D eigenvalue weighted by Crippen LogP contribution is 2.12. The van der Waals surface area contributed by atoms with Gasteiger partial charge in [-0.05, 0) is 12.1 Å². The van der Waals surface area contributed by atoms with Gasteiger partial charge in [0.2, 0.25) is 0 Å². The summed E-state index contributed by atoms with van der Waals surface area (Å²) in [5.41, 5.74) is 0. The maximum atomic E-state index is 10.3. The molecule has 3 N–H and O–H groups in total.